The van der Waals surface area contributed by atoms with Crippen LogP contribution in [-0.4, -0.2) is 37.3 Å². The van der Waals surface area contributed by atoms with Crippen molar-refractivity contribution in [3.63, 3.8) is 0 Å². The normalized spacial score (nSPS) is 11.9. The van der Waals surface area contributed by atoms with Gasteiger partial charge in [0.2, 0.25) is 0 Å². The minimum absolute atomic E-state index is 0.193. The SMILES string of the molecule is Cc1nccn1CCCNC(=O)c1ccc(N(CCc2cccc(Cl)c2Cl)S(=O)O)cc1. The Balaban J connectivity index is 1.55. The first-order valence-corrected chi connectivity index (χ1v) is 11.9. The van der Waals surface area contributed by atoms with E-state index in [2.05, 4.69) is 10.3 Å². The van der Waals surface area contributed by atoms with E-state index in [0.29, 0.717) is 34.3 Å². The summed E-state index contributed by atoms with van der Waals surface area (Å²) in [5.74, 6) is 0.747. The van der Waals surface area contributed by atoms with Crippen molar-refractivity contribution in [1.82, 2.24) is 14.9 Å². The first-order chi connectivity index (χ1) is 15.4. The van der Waals surface area contributed by atoms with Gasteiger partial charge in [-0.05, 0) is 55.7 Å². The number of nitrogens with zero attached hydrogens (tertiary/aromatic N) is 3. The van der Waals surface area contributed by atoms with Crippen LogP contribution < -0.4 is 9.62 Å². The van der Waals surface area contributed by atoms with E-state index in [-0.39, 0.29) is 12.5 Å². The predicted molar refractivity (Wildman–Crippen MR) is 129 cm³/mol. The van der Waals surface area contributed by atoms with E-state index >= 15 is 0 Å². The molecule has 0 aliphatic carbocycles. The van der Waals surface area contributed by atoms with E-state index < -0.39 is 11.3 Å². The molecule has 0 spiro atoms. The molecule has 32 heavy (non-hydrogen) atoms. The lowest BCUT2D eigenvalue weighted by molar-refractivity contribution is 0.0952. The molecule has 1 amide bonds. The maximum atomic E-state index is 12.4. The Kier molecular flexibility index (Phi) is 8.69. The Morgan fingerprint density at radius 2 is 1.97 bits per heavy atom. The smallest absolute Gasteiger partial charge is 0.261 e. The van der Waals surface area contributed by atoms with Gasteiger partial charge in [-0.1, -0.05) is 35.3 Å². The first kappa shape index (κ1) is 24.3. The highest BCUT2D eigenvalue weighted by Gasteiger charge is 2.15. The molecule has 0 saturated heterocycles. The molecule has 10 heteroatoms. The number of nitrogens with one attached hydrogen (secondary N) is 1. The fourth-order valence-electron chi connectivity index (χ4n) is 3.23. The molecular weight excluding hydrogens is 471 g/mol. The second-order valence-electron chi connectivity index (χ2n) is 7.12. The fourth-order valence-corrected chi connectivity index (χ4v) is 4.20. The van der Waals surface area contributed by atoms with E-state index in [1.54, 1.807) is 42.6 Å². The molecule has 1 heterocycles. The number of aryl methyl sites for hydroxylation is 2. The van der Waals surface area contributed by atoms with Gasteiger partial charge in [0, 0.05) is 37.6 Å². The van der Waals surface area contributed by atoms with E-state index in [9.17, 15) is 13.6 Å². The van der Waals surface area contributed by atoms with Crippen LogP contribution in [0.5, 0.6) is 0 Å². The van der Waals surface area contributed by atoms with Crippen LogP contribution in [0, 0.1) is 6.92 Å². The zero-order chi connectivity index (χ0) is 23.1. The summed E-state index contributed by atoms with van der Waals surface area (Å²) >= 11 is 10.0. The zero-order valence-corrected chi connectivity index (χ0v) is 19.8. The highest BCUT2D eigenvalue weighted by Crippen LogP contribution is 2.26. The fraction of sp³-hybridized carbons (Fsp3) is 0.273. The molecule has 1 unspecified atom stereocenters. The van der Waals surface area contributed by atoms with Crippen molar-refractivity contribution in [2.24, 2.45) is 0 Å². The molecule has 2 N–H and O–H groups in total. The molecule has 0 aliphatic heterocycles. The van der Waals surface area contributed by atoms with Gasteiger partial charge in [0.15, 0.2) is 0 Å². The van der Waals surface area contributed by atoms with Crippen molar-refractivity contribution in [2.45, 2.75) is 26.3 Å². The summed E-state index contributed by atoms with van der Waals surface area (Å²) in [4.78, 5) is 16.6. The number of benzene rings is 2. The number of hydrogen-bond acceptors (Lipinski definition) is 3. The topological polar surface area (TPSA) is 87.5 Å². The first-order valence-electron chi connectivity index (χ1n) is 10.0. The van der Waals surface area contributed by atoms with Gasteiger partial charge < -0.3 is 9.88 Å². The number of aromatic nitrogens is 2. The van der Waals surface area contributed by atoms with Gasteiger partial charge >= 0.3 is 0 Å². The van der Waals surface area contributed by atoms with Crippen LogP contribution >= 0.6 is 23.2 Å². The molecule has 3 rings (SSSR count). The Hall–Kier alpha value is -2.39. The quantitative estimate of drug-likeness (QED) is 0.320. The van der Waals surface area contributed by atoms with Gasteiger partial charge in [-0.2, -0.15) is 0 Å². The molecule has 3 aromatic rings. The lowest BCUT2D eigenvalue weighted by Gasteiger charge is -2.20. The second kappa shape index (κ2) is 11.5. The zero-order valence-electron chi connectivity index (χ0n) is 17.5. The maximum absolute atomic E-state index is 12.4. The summed E-state index contributed by atoms with van der Waals surface area (Å²) in [6, 6.07) is 11.9. The lowest BCUT2D eigenvalue weighted by atomic mass is 10.1. The molecule has 7 nitrogen and oxygen atoms in total. The molecule has 0 saturated carbocycles. The Morgan fingerprint density at radius 3 is 2.62 bits per heavy atom. The van der Waals surface area contributed by atoms with Crippen molar-refractivity contribution in [3.8, 4) is 0 Å². The van der Waals surface area contributed by atoms with Crippen molar-refractivity contribution in [3.05, 3.63) is 81.9 Å². The van der Waals surface area contributed by atoms with E-state index in [1.807, 2.05) is 23.8 Å². The summed E-state index contributed by atoms with van der Waals surface area (Å²) in [7, 11) is 0. The van der Waals surface area contributed by atoms with Crippen LogP contribution in [0.15, 0.2) is 54.9 Å². The molecule has 2 aromatic carbocycles. The molecule has 0 bridgehead atoms. The summed E-state index contributed by atoms with van der Waals surface area (Å²) < 4.78 is 25.0. The number of halogens is 2. The molecule has 170 valence electrons. The van der Waals surface area contributed by atoms with Gasteiger partial charge in [-0.15, -0.1) is 0 Å². The minimum atomic E-state index is -2.23. The molecule has 0 radical (unpaired) electrons. The standard InChI is InChI=1S/C22H24Cl2N4O3S/c1-16-25-12-15-27(16)13-3-11-26-22(29)18-6-8-19(9-7-18)28(32(30)31)14-10-17-4-2-5-20(23)21(17)24/h2,4-9,12,15H,3,10-11,13-14H2,1H3,(H,26,29)(H,30,31). The number of carbonyl (C=O) groups is 1. The number of amides is 1. The molecule has 1 atom stereocenters. The predicted octanol–water partition coefficient (Wildman–Crippen LogP) is 4.50. The molecule has 0 fully saturated rings. The van der Waals surface area contributed by atoms with E-state index in [1.165, 1.54) is 4.31 Å². The minimum Gasteiger partial charge on any atom is -0.352 e. The highest BCUT2D eigenvalue weighted by atomic mass is 35.5. The van der Waals surface area contributed by atoms with Crippen molar-refractivity contribution < 1.29 is 13.6 Å². The number of anilines is 1. The lowest BCUT2D eigenvalue weighted by Crippen LogP contribution is -2.28. The van der Waals surface area contributed by atoms with Crippen LogP contribution in [0.1, 0.15) is 28.2 Å². The summed E-state index contributed by atoms with van der Waals surface area (Å²) in [6.45, 7) is 3.50. The monoisotopic (exact) mass is 494 g/mol. The van der Waals surface area contributed by atoms with Gasteiger partial charge in [0.05, 0.1) is 15.7 Å². The Labute approximate surface area is 199 Å². The number of rotatable bonds is 10. The van der Waals surface area contributed by atoms with Gasteiger partial charge in [0.25, 0.3) is 17.2 Å². The van der Waals surface area contributed by atoms with Crippen LogP contribution in [-0.2, 0) is 24.2 Å². The molecule has 1 aromatic heterocycles. The number of hydrogen-bond donors (Lipinski definition) is 2. The third-order valence-electron chi connectivity index (χ3n) is 5.01. The Morgan fingerprint density at radius 1 is 1.22 bits per heavy atom. The van der Waals surface area contributed by atoms with E-state index in [4.69, 9.17) is 23.2 Å². The number of imidazole rings is 1. The van der Waals surface area contributed by atoms with Crippen LogP contribution in [0.2, 0.25) is 10.0 Å². The van der Waals surface area contributed by atoms with Gasteiger partial charge in [-0.3, -0.25) is 13.7 Å². The Bertz CT molecular complexity index is 1090. The molecular formula is C22H24Cl2N4O3S. The largest absolute Gasteiger partial charge is 0.352 e. The van der Waals surface area contributed by atoms with Crippen LogP contribution in [0.4, 0.5) is 5.69 Å². The third kappa shape index (κ3) is 6.32. The summed E-state index contributed by atoms with van der Waals surface area (Å²) in [5, 5.41) is 3.77. The second-order valence-corrected chi connectivity index (χ2v) is 8.81. The van der Waals surface area contributed by atoms with Gasteiger partial charge in [-0.25, -0.2) is 9.19 Å². The van der Waals surface area contributed by atoms with Crippen molar-refractivity contribution in [2.75, 3.05) is 17.4 Å². The van der Waals surface area contributed by atoms with Crippen LogP contribution in [0.25, 0.3) is 0 Å². The molecule has 0 aliphatic rings. The van der Waals surface area contributed by atoms with Crippen molar-refractivity contribution in [1.29, 1.82) is 0 Å². The number of carbonyl (C=O) groups excluding carboxylic acids is 1. The average Bonchev–Trinajstić information content (AvgIpc) is 3.19. The highest BCUT2D eigenvalue weighted by molar-refractivity contribution is 7.80. The summed E-state index contributed by atoms with van der Waals surface area (Å²) in [5.41, 5.74) is 1.79. The average molecular weight is 495 g/mol. The summed E-state index contributed by atoms with van der Waals surface area (Å²) in [6.07, 6.45) is 4.88. The van der Waals surface area contributed by atoms with Crippen molar-refractivity contribution >= 4 is 46.1 Å². The van der Waals surface area contributed by atoms with E-state index in [0.717, 1.165) is 24.4 Å². The third-order valence-corrected chi connectivity index (χ3v) is 6.64. The van der Waals surface area contributed by atoms with Crippen LogP contribution in [0.3, 0.4) is 0 Å². The maximum Gasteiger partial charge on any atom is 0.261 e. The van der Waals surface area contributed by atoms with Gasteiger partial charge in [0.1, 0.15) is 5.82 Å².